The number of aryl methyl sites for hydroxylation is 1. The molecule has 0 saturated carbocycles. The predicted molar refractivity (Wildman–Crippen MR) is 115 cm³/mol. The van der Waals surface area contributed by atoms with E-state index in [1.807, 2.05) is 31.2 Å². The molecular weight excluding hydrogens is 402 g/mol. The van der Waals surface area contributed by atoms with Crippen molar-refractivity contribution in [3.63, 3.8) is 0 Å². The molecule has 1 unspecified atom stereocenters. The van der Waals surface area contributed by atoms with Crippen LogP contribution in [0.5, 0.6) is 11.5 Å². The molecule has 7 nitrogen and oxygen atoms in total. The fraction of sp³-hybridized carbons (Fsp3) is 0.227. The second kappa shape index (κ2) is 8.23. The lowest BCUT2D eigenvalue weighted by Crippen LogP contribution is -2.31. The van der Waals surface area contributed by atoms with E-state index < -0.39 is 5.92 Å². The van der Waals surface area contributed by atoms with Crippen LogP contribution in [0.3, 0.4) is 0 Å². The number of rotatable bonds is 5. The monoisotopic (exact) mass is 423 g/mol. The molecule has 2 aromatic carbocycles. The maximum atomic E-state index is 13.0. The molecule has 1 aliphatic heterocycles. The van der Waals surface area contributed by atoms with Crippen LogP contribution in [0.15, 0.2) is 52.4 Å². The maximum absolute atomic E-state index is 13.0. The summed E-state index contributed by atoms with van der Waals surface area (Å²) in [6.07, 6.45) is 0.0919. The smallest absolute Gasteiger partial charge is 0.257 e. The van der Waals surface area contributed by atoms with E-state index in [-0.39, 0.29) is 29.5 Å². The molecule has 0 fully saturated rings. The van der Waals surface area contributed by atoms with Crippen molar-refractivity contribution in [2.45, 2.75) is 30.2 Å². The van der Waals surface area contributed by atoms with Gasteiger partial charge in [-0.25, -0.2) is 4.98 Å². The van der Waals surface area contributed by atoms with Crippen molar-refractivity contribution in [1.29, 1.82) is 0 Å². The fourth-order valence-electron chi connectivity index (χ4n) is 3.59. The number of ether oxygens (including phenoxy) is 1. The number of aromatic nitrogens is 2. The number of aromatic hydroxyl groups is 1. The van der Waals surface area contributed by atoms with Gasteiger partial charge in [-0.1, -0.05) is 42.1 Å². The highest BCUT2D eigenvalue weighted by atomic mass is 32.2. The molecule has 2 heterocycles. The summed E-state index contributed by atoms with van der Waals surface area (Å²) in [7, 11) is 1.48. The predicted octanol–water partition coefficient (Wildman–Crippen LogP) is 3.56. The van der Waals surface area contributed by atoms with Crippen LogP contribution >= 0.6 is 11.8 Å². The number of phenols is 1. The highest BCUT2D eigenvalue weighted by Gasteiger charge is 2.32. The SMILES string of the molecule is COc1cc(O)ccc1C1CC(=O)Nc2nc(SCc3ccccc3C)[nH]c(=O)c21. The van der Waals surface area contributed by atoms with Crippen LogP contribution in [-0.4, -0.2) is 28.1 Å². The molecule has 1 aromatic heterocycles. The van der Waals surface area contributed by atoms with Gasteiger partial charge in [0.15, 0.2) is 5.16 Å². The van der Waals surface area contributed by atoms with Gasteiger partial charge in [-0.05, 0) is 24.1 Å². The Morgan fingerprint density at radius 3 is 2.80 bits per heavy atom. The van der Waals surface area contributed by atoms with Crippen molar-refractivity contribution in [1.82, 2.24) is 9.97 Å². The lowest BCUT2D eigenvalue weighted by atomic mass is 9.86. The normalized spacial score (nSPS) is 15.4. The topological polar surface area (TPSA) is 104 Å². The van der Waals surface area contributed by atoms with Crippen LogP contribution in [0.25, 0.3) is 0 Å². The van der Waals surface area contributed by atoms with E-state index in [0.717, 1.165) is 11.1 Å². The molecule has 30 heavy (non-hydrogen) atoms. The first kappa shape index (κ1) is 20.0. The summed E-state index contributed by atoms with van der Waals surface area (Å²) in [5.41, 5.74) is 3.06. The third kappa shape index (κ3) is 3.91. The van der Waals surface area contributed by atoms with Crippen molar-refractivity contribution >= 4 is 23.5 Å². The number of aromatic amines is 1. The fourth-order valence-corrected chi connectivity index (χ4v) is 4.53. The van der Waals surface area contributed by atoms with Gasteiger partial charge in [0.1, 0.15) is 17.3 Å². The number of hydrogen-bond donors (Lipinski definition) is 3. The number of methoxy groups -OCH3 is 1. The molecule has 0 aliphatic carbocycles. The summed E-state index contributed by atoms with van der Waals surface area (Å²) in [5, 5.41) is 12.9. The average molecular weight is 423 g/mol. The Morgan fingerprint density at radius 2 is 2.03 bits per heavy atom. The van der Waals surface area contributed by atoms with Crippen molar-refractivity contribution in [3.05, 3.63) is 75.1 Å². The van der Waals surface area contributed by atoms with E-state index in [2.05, 4.69) is 15.3 Å². The third-order valence-electron chi connectivity index (χ3n) is 5.15. The minimum absolute atomic E-state index is 0.0473. The number of phenolic OH excluding ortho intramolecular Hbond substituents is 1. The number of H-pyrrole nitrogens is 1. The Kier molecular flexibility index (Phi) is 5.50. The van der Waals surface area contributed by atoms with Gasteiger partial charge in [0.05, 0.1) is 12.7 Å². The second-order valence-corrected chi connectivity index (χ2v) is 8.04. The minimum Gasteiger partial charge on any atom is -0.508 e. The summed E-state index contributed by atoms with van der Waals surface area (Å²) in [6, 6.07) is 12.7. The number of nitrogens with one attached hydrogen (secondary N) is 2. The van der Waals surface area contributed by atoms with Crippen LogP contribution in [0.1, 0.15) is 34.6 Å². The van der Waals surface area contributed by atoms with Gasteiger partial charge in [0.25, 0.3) is 5.56 Å². The van der Waals surface area contributed by atoms with Crippen LogP contribution in [-0.2, 0) is 10.5 Å². The summed E-state index contributed by atoms with van der Waals surface area (Å²) in [4.78, 5) is 32.7. The number of hydrogen-bond acceptors (Lipinski definition) is 6. The minimum atomic E-state index is -0.518. The molecule has 3 N–H and O–H groups in total. The molecule has 1 atom stereocenters. The molecule has 0 saturated heterocycles. The van der Waals surface area contributed by atoms with E-state index in [0.29, 0.717) is 27.8 Å². The molecule has 0 radical (unpaired) electrons. The molecule has 4 rings (SSSR count). The summed E-state index contributed by atoms with van der Waals surface area (Å²) >= 11 is 1.41. The summed E-state index contributed by atoms with van der Waals surface area (Å²) in [5.74, 6) is 0.635. The number of amides is 1. The zero-order valence-electron chi connectivity index (χ0n) is 16.6. The molecule has 1 aliphatic rings. The number of nitrogens with zero attached hydrogens (tertiary/aromatic N) is 1. The van der Waals surface area contributed by atoms with E-state index in [1.54, 1.807) is 6.07 Å². The van der Waals surface area contributed by atoms with E-state index >= 15 is 0 Å². The summed E-state index contributed by atoms with van der Waals surface area (Å²) in [6.45, 7) is 2.04. The van der Waals surface area contributed by atoms with E-state index in [4.69, 9.17) is 4.74 Å². The largest absolute Gasteiger partial charge is 0.508 e. The van der Waals surface area contributed by atoms with Gasteiger partial charge >= 0.3 is 0 Å². The highest BCUT2D eigenvalue weighted by Crippen LogP contribution is 2.40. The van der Waals surface area contributed by atoms with Crippen molar-refractivity contribution < 1.29 is 14.6 Å². The zero-order chi connectivity index (χ0) is 21.3. The van der Waals surface area contributed by atoms with Gasteiger partial charge in [-0.15, -0.1) is 0 Å². The molecule has 8 heteroatoms. The van der Waals surface area contributed by atoms with Crippen LogP contribution in [0.2, 0.25) is 0 Å². The molecular formula is C22H21N3O4S. The first-order valence-electron chi connectivity index (χ1n) is 9.44. The number of carbonyl (C=O) groups is 1. The molecule has 0 spiro atoms. The Balaban J connectivity index is 1.70. The van der Waals surface area contributed by atoms with Crippen molar-refractivity contribution in [2.75, 3.05) is 12.4 Å². The summed E-state index contributed by atoms with van der Waals surface area (Å²) < 4.78 is 5.36. The van der Waals surface area contributed by atoms with Crippen LogP contribution in [0, 0.1) is 6.92 Å². The Hall–Kier alpha value is -3.26. The number of fused-ring (bicyclic) bond motifs is 1. The number of benzene rings is 2. The van der Waals surface area contributed by atoms with Gasteiger partial charge in [0, 0.05) is 29.7 Å². The average Bonchev–Trinajstić information content (AvgIpc) is 2.72. The first-order chi connectivity index (χ1) is 14.5. The van der Waals surface area contributed by atoms with Crippen LogP contribution < -0.4 is 15.6 Å². The molecule has 1 amide bonds. The lowest BCUT2D eigenvalue weighted by Gasteiger charge is -2.25. The Labute approximate surface area is 177 Å². The van der Waals surface area contributed by atoms with Crippen molar-refractivity contribution in [3.8, 4) is 11.5 Å². The number of anilines is 1. The number of carbonyl (C=O) groups excluding carboxylic acids is 1. The zero-order valence-corrected chi connectivity index (χ0v) is 17.4. The maximum Gasteiger partial charge on any atom is 0.257 e. The highest BCUT2D eigenvalue weighted by molar-refractivity contribution is 7.98. The van der Waals surface area contributed by atoms with E-state index in [9.17, 15) is 14.7 Å². The number of thioether (sulfide) groups is 1. The first-order valence-corrected chi connectivity index (χ1v) is 10.4. The second-order valence-electron chi connectivity index (χ2n) is 7.08. The van der Waals surface area contributed by atoms with Gasteiger partial charge < -0.3 is 20.1 Å². The standard InChI is InChI=1S/C22H21N3O4S/c1-12-5-3-4-6-13(12)11-30-22-24-20-19(21(28)25-22)16(10-18(27)23-20)15-8-7-14(26)9-17(15)29-2/h3-9,16,26H,10-11H2,1-2H3,(H2,23,24,25,27,28). The van der Waals surface area contributed by atoms with Gasteiger partial charge in [0.2, 0.25) is 5.91 Å². The quantitative estimate of drug-likeness (QED) is 0.428. The third-order valence-corrected chi connectivity index (χ3v) is 6.07. The lowest BCUT2D eigenvalue weighted by molar-refractivity contribution is -0.116. The molecule has 154 valence electrons. The van der Waals surface area contributed by atoms with Crippen LogP contribution in [0.4, 0.5) is 5.82 Å². The Morgan fingerprint density at radius 1 is 1.23 bits per heavy atom. The van der Waals surface area contributed by atoms with Gasteiger partial charge in [-0.3, -0.25) is 9.59 Å². The molecule has 0 bridgehead atoms. The molecule has 3 aromatic rings. The Bertz CT molecular complexity index is 1180. The van der Waals surface area contributed by atoms with Crippen molar-refractivity contribution in [2.24, 2.45) is 0 Å². The van der Waals surface area contributed by atoms with E-state index in [1.165, 1.54) is 31.0 Å². The van der Waals surface area contributed by atoms with Gasteiger partial charge in [-0.2, -0.15) is 0 Å².